The number of carbonyl (C=O) groups is 1. The largest absolute Gasteiger partial charge is 0.404 e. The van der Waals surface area contributed by atoms with Crippen LogP contribution in [0, 0.1) is 16.7 Å². The number of alkyl halides is 3. The summed E-state index contributed by atoms with van der Waals surface area (Å²) in [5.74, 6) is -0.465. The molecule has 2 saturated heterocycles. The van der Waals surface area contributed by atoms with E-state index in [1.165, 1.54) is 4.90 Å². The first kappa shape index (κ1) is 15.6. The van der Waals surface area contributed by atoms with Gasteiger partial charge >= 0.3 is 6.18 Å². The van der Waals surface area contributed by atoms with Gasteiger partial charge in [0.05, 0.1) is 0 Å². The van der Waals surface area contributed by atoms with Crippen LogP contribution in [0.3, 0.4) is 0 Å². The maximum absolute atomic E-state index is 13.4. The van der Waals surface area contributed by atoms with Gasteiger partial charge in [0.2, 0.25) is 5.91 Å². The molecule has 2 fully saturated rings. The van der Waals surface area contributed by atoms with Crippen LogP contribution in [0.5, 0.6) is 0 Å². The Labute approximate surface area is 117 Å². The minimum absolute atomic E-state index is 0.0222. The van der Waals surface area contributed by atoms with Crippen molar-refractivity contribution in [2.45, 2.75) is 39.8 Å². The summed E-state index contributed by atoms with van der Waals surface area (Å²) in [5, 5.41) is 2.70. The Morgan fingerprint density at radius 3 is 2.35 bits per heavy atom. The molecule has 2 unspecified atom stereocenters. The van der Waals surface area contributed by atoms with Crippen molar-refractivity contribution < 1.29 is 18.0 Å². The molecule has 0 bridgehead atoms. The van der Waals surface area contributed by atoms with Gasteiger partial charge in [0, 0.05) is 19.6 Å². The van der Waals surface area contributed by atoms with Crippen LogP contribution in [0.4, 0.5) is 13.2 Å². The van der Waals surface area contributed by atoms with Gasteiger partial charge in [-0.2, -0.15) is 13.2 Å². The van der Waals surface area contributed by atoms with Gasteiger partial charge in [-0.25, -0.2) is 0 Å². The molecule has 2 heterocycles. The van der Waals surface area contributed by atoms with Gasteiger partial charge in [0.25, 0.3) is 0 Å². The SMILES string of the molecule is CC(C)(C)C1CCN(C(=O)C2(C(F)(F)F)CCNC2)C1. The molecule has 2 aliphatic heterocycles. The number of hydrogen-bond acceptors (Lipinski definition) is 2. The molecule has 3 nitrogen and oxygen atoms in total. The fraction of sp³-hybridized carbons (Fsp3) is 0.929. The zero-order valence-electron chi connectivity index (χ0n) is 12.3. The van der Waals surface area contributed by atoms with Crippen molar-refractivity contribution in [1.29, 1.82) is 0 Å². The quantitative estimate of drug-likeness (QED) is 0.805. The molecule has 0 radical (unpaired) electrons. The van der Waals surface area contributed by atoms with Crippen LogP contribution in [0.2, 0.25) is 0 Å². The number of carbonyl (C=O) groups excluding carboxylic acids is 1. The van der Waals surface area contributed by atoms with Gasteiger partial charge in [-0.05, 0) is 30.7 Å². The molecule has 1 N–H and O–H groups in total. The molecule has 116 valence electrons. The van der Waals surface area contributed by atoms with Gasteiger partial charge < -0.3 is 10.2 Å². The van der Waals surface area contributed by atoms with E-state index >= 15 is 0 Å². The summed E-state index contributed by atoms with van der Waals surface area (Å²) in [6.45, 7) is 7.07. The normalized spacial score (nSPS) is 31.9. The topological polar surface area (TPSA) is 32.3 Å². The zero-order chi connectivity index (χ0) is 15.2. The van der Waals surface area contributed by atoms with E-state index in [0.717, 1.165) is 6.42 Å². The molecule has 2 rings (SSSR count). The lowest BCUT2D eigenvalue weighted by Crippen LogP contribution is -2.53. The maximum Gasteiger partial charge on any atom is 0.404 e. The maximum atomic E-state index is 13.4. The second-order valence-electron chi connectivity index (χ2n) is 7.11. The van der Waals surface area contributed by atoms with E-state index in [2.05, 4.69) is 26.1 Å². The van der Waals surface area contributed by atoms with Gasteiger partial charge in [-0.15, -0.1) is 0 Å². The zero-order valence-corrected chi connectivity index (χ0v) is 12.3. The van der Waals surface area contributed by atoms with Crippen molar-refractivity contribution in [3.05, 3.63) is 0 Å². The predicted molar refractivity (Wildman–Crippen MR) is 70.1 cm³/mol. The molecular formula is C14H23F3N2O. The minimum atomic E-state index is -4.48. The highest BCUT2D eigenvalue weighted by molar-refractivity contribution is 5.84. The van der Waals surface area contributed by atoms with Crippen LogP contribution in [-0.4, -0.2) is 43.2 Å². The molecule has 20 heavy (non-hydrogen) atoms. The highest BCUT2D eigenvalue weighted by atomic mass is 19.4. The van der Waals surface area contributed by atoms with E-state index in [1.54, 1.807) is 0 Å². The monoisotopic (exact) mass is 292 g/mol. The third-order valence-corrected chi connectivity index (χ3v) is 4.81. The van der Waals surface area contributed by atoms with Gasteiger partial charge in [0.15, 0.2) is 5.41 Å². The van der Waals surface area contributed by atoms with Crippen LogP contribution in [0.15, 0.2) is 0 Å². The number of rotatable bonds is 1. The lowest BCUT2D eigenvalue weighted by Gasteiger charge is -2.34. The Bertz CT molecular complexity index is 381. The third kappa shape index (κ3) is 2.54. The second kappa shape index (κ2) is 4.90. The van der Waals surface area contributed by atoms with Gasteiger partial charge in [0.1, 0.15) is 0 Å². The molecule has 0 spiro atoms. The van der Waals surface area contributed by atoms with E-state index in [9.17, 15) is 18.0 Å². The van der Waals surface area contributed by atoms with Crippen molar-refractivity contribution in [3.8, 4) is 0 Å². The molecule has 0 aliphatic carbocycles. The summed E-state index contributed by atoms with van der Waals surface area (Å²) < 4.78 is 40.1. The van der Waals surface area contributed by atoms with Gasteiger partial charge in [-0.3, -0.25) is 4.79 Å². The van der Waals surface area contributed by atoms with Crippen LogP contribution < -0.4 is 5.32 Å². The first-order chi connectivity index (χ1) is 9.08. The molecule has 0 saturated carbocycles. The van der Waals surface area contributed by atoms with Gasteiger partial charge in [-0.1, -0.05) is 20.8 Å². The Kier molecular flexibility index (Phi) is 3.82. The highest BCUT2D eigenvalue weighted by Gasteiger charge is 2.62. The van der Waals surface area contributed by atoms with Crippen molar-refractivity contribution >= 4 is 5.91 Å². The molecule has 0 aromatic carbocycles. The number of nitrogens with one attached hydrogen (secondary N) is 1. The number of nitrogens with zero attached hydrogens (tertiary/aromatic N) is 1. The van der Waals surface area contributed by atoms with E-state index in [4.69, 9.17) is 0 Å². The first-order valence-electron chi connectivity index (χ1n) is 7.15. The third-order valence-electron chi connectivity index (χ3n) is 4.81. The molecule has 0 aromatic rings. The highest BCUT2D eigenvalue weighted by Crippen LogP contribution is 2.45. The smallest absolute Gasteiger partial charge is 0.342 e. The van der Waals surface area contributed by atoms with E-state index < -0.39 is 17.5 Å². The fourth-order valence-corrected chi connectivity index (χ4v) is 3.19. The van der Waals surface area contributed by atoms with Crippen molar-refractivity contribution in [2.24, 2.45) is 16.7 Å². The molecule has 6 heteroatoms. The minimum Gasteiger partial charge on any atom is -0.342 e. The fourth-order valence-electron chi connectivity index (χ4n) is 3.19. The summed E-state index contributed by atoms with van der Waals surface area (Å²) in [5.41, 5.74) is -2.19. The molecule has 1 amide bonds. The molecular weight excluding hydrogens is 269 g/mol. The Hall–Kier alpha value is -0.780. The van der Waals surface area contributed by atoms with Crippen LogP contribution >= 0.6 is 0 Å². The van der Waals surface area contributed by atoms with Crippen molar-refractivity contribution in [1.82, 2.24) is 10.2 Å². The van der Waals surface area contributed by atoms with Crippen LogP contribution in [-0.2, 0) is 4.79 Å². The lowest BCUT2D eigenvalue weighted by atomic mass is 9.80. The first-order valence-corrected chi connectivity index (χ1v) is 7.15. The molecule has 2 aliphatic rings. The summed E-state index contributed by atoms with van der Waals surface area (Å²) in [6, 6.07) is 0. The number of hydrogen-bond donors (Lipinski definition) is 1. The number of amides is 1. The van der Waals surface area contributed by atoms with E-state index in [0.29, 0.717) is 13.1 Å². The number of likely N-dealkylation sites (tertiary alicyclic amines) is 1. The lowest BCUT2D eigenvalue weighted by molar-refractivity contribution is -0.221. The molecule has 0 aromatic heterocycles. The van der Waals surface area contributed by atoms with E-state index in [1.807, 2.05) is 0 Å². The van der Waals surface area contributed by atoms with Crippen molar-refractivity contribution in [2.75, 3.05) is 26.2 Å². The van der Waals surface area contributed by atoms with Crippen LogP contribution in [0.1, 0.15) is 33.6 Å². The average molecular weight is 292 g/mol. The Morgan fingerprint density at radius 2 is 1.95 bits per heavy atom. The Morgan fingerprint density at radius 1 is 1.30 bits per heavy atom. The number of halogens is 3. The standard InChI is InChI=1S/C14H23F3N2O/c1-12(2,3)10-4-7-19(8-10)11(20)13(14(15,16)17)5-6-18-9-13/h10,18H,4-9H2,1-3H3. The summed E-state index contributed by atoms with van der Waals surface area (Å²) >= 11 is 0. The second-order valence-corrected chi connectivity index (χ2v) is 7.11. The Balaban J connectivity index is 2.15. The van der Waals surface area contributed by atoms with Crippen LogP contribution in [0.25, 0.3) is 0 Å². The van der Waals surface area contributed by atoms with Crippen molar-refractivity contribution in [3.63, 3.8) is 0 Å². The van der Waals surface area contributed by atoms with E-state index in [-0.39, 0.29) is 30.8 Å². The summed E-state index contributed by atoms with van der Waals surface area (Å²) in [6.07, 6.45) is -3.84. The summed E-state index contributed by atoms with van der Waals surface area (Å²) in [4.78, 5) is 13.9. The average Bonchev–Trinajstić information content (AvgIpc) is 2.96. The predicted octanol–water partition coefficient (Wildman–Crippen LogP) is 2.42. The summed E-state index contributed by atoms with van der Waals surface area (Å²) in [7, 11) is 0. The molecule has 2 atom stereocenters.